The topological polar surface area (TPSA) is 149 Å². The van der Waals surface area contributed by atoms with E-state index in [1.165, 1.54) is 0 Å². The standard InChI is InChI=1S/C35H58O9/c1-29(2)14-22-31(5)13-19(36)27(32(6)10-9-24(44-32)30(3,4)41)33(31,7)23(38)15-35(22)17-34(35)11-8-18(12-21(29)34)43-28-26(40)25(39)20(37)16-42-28/h18-28,36-41H,8-17H2,1-7H3/t18-,19-,20+,21+,22-,23+,24+,25-,26+,27+,28-,31-,32-,33+,34+,35-/m1/s1. The van der Waals surface area contributed by atoms with Crippen LogP contribution in [0.2, 0.25) is 0 Å². The molecule has 7 aliphatic rings. The lowest BCUT2D eigenvalue weighted by atomic mass is 9.39. The number of rotatable bonds is 4. The predicted octanol–water partition coefficient (Wildman–Crippen LogP) is 2.90. The number of fused-ring (bicyclic) bond motifs is 2. The fourth-order valence-electron chi connectivity index (χ4n) is 13.2. The normalized spacial score (nSPS) is 59.8. The van der Waals surface area contributed by atoms with Crippen LogP contribution in [0.5, 0.6) is 0 Å². The average molecular weight is 623 g/mol. The fraction of sp³-hybridized carbons (Fsp3) is 1.00. The largest absolute Gasteiger partial charge is 0.393 e. The first-order valence-corrected chi connectivity index (χ1v) is 17.3. The van der Waals surface area contributed by atoms with E-state index >= 15 is 0 Å². The van der Waals surface area contributed by atoms with E-state index in [9.17, 15) is 30.6 Å². The van der Waals surface area contributed by atoms with Crippen LogP contribution < -0.4 is 0 Å². The van der Waals surface area contributed by atoms with Gasteiger partial charge in [-0.2, -0.15) is 0 Å². The van der Waals surface area contributed by atoms with Gasteiger partial charge in [0.15, 0.2) is 6.29 Å². The molecule has 9 nitrogen and oxygen atoms in total. The van der Waals surface area contributed by atoms with Crippen molar-refractivity contribution < 1.29 is 44.8 Å². The highest BCUT2D eigenvalue weighted by molar-refractivity contribution is 5.34. The molecule has 0 aromatic rings. The summed E-state index contributed by atoms with van der Waals surface area (Å²) < 4.78 is 18.6. The molecule has 7 rings (SSSR count). The Bertz CT molecular complexity index is 1160. The first-order valence-electron chi connectivity index (χ1n) is 17.3. The van der Waals surface area contributed by atoms with Crippen molar-refractivity contribution in [1.82, 2.24) is 0 Å². The van der Waals surface area contributed by atoms with Crippen LogP contribution in [0.3, 0.4) is 0 Å². The van der Waals surface area contributed by atoms with E-state index in [-0.39, 0.29) is 46.4 Å². The van der Waals surface area contributed by atoms with Crippen LogP contribution in [0, 0.1) is 44.8 Å². The van der Waals surface area contributed by atoms with Crippen LogP contribution in [0.25, 0.3) is 0 Å². The molecule has 0 aromatic carbocycles. The lowest BCUT2D eigenvalue weighted by Crippen LogP contribution is -2.65. The summed E-state index contributed by atoms with van der Waals surface area (Å²) in [4.78, 5) is 0. The van der Waals surface area contributed by atoms with Gasteiger partial charge in [0.2, 0.25) is 0 Å². The highest BCUT2D eigenvalue weighted by Crippen LogP contribution is 2.90. The van der Waals surface area contributed by atoms with E-state index < -0.39 is 53.4 Å². The molecule has 16 atom stereocenters. The molecule has 0 amide bonds. The van der Waals surface area contributed by atoms with Crippen LogP contribution in [-0.4, -0.2) is 97.5 Å². The molecule has 0 bridgehead atoms. The minimum atomic E-state index is -1.29. The van der Waals surface area contributed by atoms with E-state index in [1.807, 2.05) is 0 Å². The van der Waals surface area contributed by atoms with Crippen LogP contribution in [-0.2, 0) is 14.2 Å². The summed E-state index contributed by atoms with van der Waals surface area (Å²) in [6, 6.07) is 0. The molecular weight excluding hydrogens is 564 g/mol. The third kappa shape index (κ3) is 4.03. The molecule has 44 heavy (non-hydrogen) atoms. The monoisotopic (exact) mass is 622 g/mol. The van der Waals surface area contributed by atoms with Crippen molar-refractivity contribution in [3.63, 3.8) is 0 Å². The number of ether oxygens (including phenoxy) is 3. The average Bonchev–Trinajstić information content (AvgIpc) is 3.23. The summed E-state index contributed by atoms with van der Waals surface area (Å²) >= 11 is 0. The molecule has 2 spiro atoms. The smallest absolute Gasteiger partial charge is 0.186 e. The molecule has 2 heterocycles. The first-order chi connectivity index (χ1) is 20.3. The number of hydrogen-bond acceptors (Lipinski definition) is 9. The quantitative estimate of drug-likeness (QED) is 0.260. The van der Waals surface area contributed by atoms with E-state index in [0.29, 0.717) is 18.3 Å². The van der Waals surface area contributed by atoms with E-state index in [4.69, 9.17) is 14.2 Å². The molecule has 6 N–H and O–H groups in total. The van der Waals surface area contributed by atoms with Crippen molar-refractivity contribution in [2.75, 3.05) is 6.61 Å². The van der Waals surface area contributed by atoms with Gasteiger partial charge in [0.05, 0.1) is 42.2 Å². The van der Waals surface area contributed by atoms with Crippen LogP contribution in [0.15, 0.2) is 0 Å². The zero-order chi connectivity index (χ0) is 32.0. The van der Waals surface area contributed by atoms with Crippen molar-refractivity contribution >= 4 is 0 Å². The van der Waals surface area contributed by atoms with Gasteiger partial charge in [0.25, 0.3) is 0 Å². The molecule has 2 aliphatic heterocycles. The van der Waals surface area contributed by atoms with Crippen molar-refractivity contribution in [3.8, 4) is 0 Å². The highest BCUT2D eigenvalue weighted by Gasteiger charge is 2.85. The maximum atomic E-state index is 12.4. The van der Waals surface area contributed by atoms with Gasteiger partial charge in [-0.15, -0.1) is 0 Å². The summed E-state index contributed by atoms with van der Waals surface area (Å²) in [5.41, 5.74) is -2.26. The Morgan fingerprint density at radius 3 is 2.16 bits per heavy atom. The van der Waals surface area contributed by atoms with Gasteiger partial charge >= 0.3 is 0 Å². The van der Waals surface area contributed by atoms with Crippen molar-refractivity contribution in [3.05, 3.63) is 0 Å². The Balaban J connectivity index is 1.16. The van der Waals surface area contributed by atoms with Crippen LogP contribution in [0.4, 0.5) is 0 Å². The minimum Gasteiger partial charge on any atom is -0.393 e. The highest BCUT2D eigenvalue weighted by atomic mass is 16.7. The van der Waals surface area contributed by atoms with Crippen molar-refractivity contribution in [2.24, 2.45) is 44.8 Å². The van der Waals surface area contributed by atoms with E-state index in [2.05, 4.69) is 34.6 Å². The zero-order valence-electron chi connectivity index (χ0n) is 27.8. The van der Waals surface area contributed by atoms with Gasteiger partial charge < -0.3 is 44.8 Å². The Kier molecular flexibility index (Phi) is 7.04. The summed E-state index contributed by atoms with van der Waals surface area (Å²) in [5.74, 6) is 0.518. The zero-order valence-corrected chi connectivity index (χ0v) is 27.8. The summed E-state index contributed by atoms with van der Waals surface area (Å²) in [5, 5.41) is 65.7. The molecule has 9 heteroatoms. The van der Waals surface area contributed by atoms with Gasteiger partial charge in [-0.1, -0.05) is 27.7 Å². The van der Waals surface area contributed by atoms with E-state index in [1.54, 1.807) is 13.8 Å². The Morgan fingerprint density at radius 2 is 1.50 bits per heavy atom. The summed E-state index contributed by atoms with van der Waals surface area (Å²) in [6.45, 7) is 15.0. The number of hydrogen-bond donors (Lipinski definition) is 6. The second-order valence-electron chi connectivity index (χ2n) is 18.4. The molecule has 2 saturated heterocycles. The van der Waals surface area contributed by atoms with Gasteiger partial charge in [0.1, 0.15) is 18.3 Å². The minimum absolute atomic E-state index is 0.00343. The van der Waals surface area contributed by atoms with Crippen molar-refractivity contribution in [2.45, 2.75) is 166 Å². The van der Waals surface area contributed by atoms with Gasteiger partial charge in [-0.05, 0) is 112 Å². The number of aliphatic hydroxyl groups excluding tert-OH is 5. The first kappa shape index (κ1) is 32.2. The molecule has 252 valence electrons. The molecule has 5 aliphatic carbocycles. The summed E-state index contributed by atoms with van der Waals surface area (Å²) in [7, 11) is 0. The maximum Gasteiger partial charge on any atom is 0.186 e. The Hall–Kier alpha value is -0.360. The third-order valence-corrected chi connectivity index (χ3v) is 15.4. The fourth-order valence-corrected chi connectivity index (χ4v) is 13.2. The summed E-state index contributed by atoms with van der Waals surface area (Å²) in [6.07, 6.45) is 1.42. The second kappa shape index (κ2) is 9.63. The van der Waals surface area contributed by atoms with Gasteiger partial charge in [-0.25, -0.2) is 0 Å². The molecule has 7 fully saturated rings. The number of aliphatic hydroxyl groups is 6. The van der Waals surface area contributed by atoms with Crippen LogP contribution in [0.1, 0.15) is 106 Å². The third-order valence-electron chi connectivity index (χ3n) is 15.4. The molecular formula is C35H58O9. The van der Waals surface area contributed by atoms with Crippen LogP contribution >= 0.6 is 0 Å². The molecule has 0 unspecified atom stereocenters. The van der Waals surface area contributed by atoms with Crippen molar-refractivity contribution in [1.29, 1.82) is 0 Å². The second-order valence-corrected chi connectivity index (χ2v) is 18.4. The molecule has 0 radical (unpaired) electrons. The molecule has 0 aromatic heterocycles. The Labute approximate surface area is 262 Å². The van der Waals surface area contributed by atoms with Gasteiger partial charge in [-0.3, -0.25) is 0 Å². The Morgan fingerprint density at radius 1 is 0.795 bits per heavy atom. The maximum absolute atomic E-state index is 12.4. The lowest BCUT2D eigenvalue weighted by molar-refractivity contribution is -0.291. The molecule has 5 saturated carbocycles. The van der Waals surface area contributed by atoms with Gasteiger partial charge in [0, 0.05) is 11.3 Å². The SMILES string of the molecule is CC(C)(O)[C@@H]1CC[C@](C)([C@@H]2[C@H](O)C[C@]3(C)[C@H]4CC(C)(C)[C@@H]5C[C@H](O[C@H]6OC[C@H](O)[C@@H](O)[C@@H]6O)CC[C@]56C[C@]46C[C@H](O)[C@@]23C)O1. The lowest BCUT2D eigenvalue weighted by Gasteiger charge is -2.66. The van der Waals surface area contributed by atoms with E-state index in [0.717, 1.165) is 51.4 Å². The predicted molar refractivity (Wildman–Crippen MR) is 161 cm³/mol.